The molecule has 3 rings (SSSR count). The van der Waals surface area contributed by atoms with Crippen molar-refractivity contribution in [1.29, 1.82) is 0 Å². The quantitative estimate of drug-likeness (QED) is 0.632. The average Bonchev–Trinajstić information content (AvgIpc) is 2.48. The van der Waals surface area contributed by atoms with Gasteiger partial charge in [-0.15, -0.1) is 11.6 Å². The van der Waals surface area contributed by atoms with Crippen molar-refractivity contribution >= 4 is 39.1 Å². The van der Waals surface area contributed by atoms with Crippen LogP contribution in [0.2, 0.25) is 5.02 Å². The Morgan fingerprint density at radius 1 is 1.05 bits per heavy atom. The summed E-state index contributed by atoms with van der Waals surface area (Å²) in [5.74, 6) is 1.47. The number of ether oxygens (including phenoxy) is 2. The maximum atomic E-state index is 6.67. The lowest BCUT2D eigenvalue weighted by Gasteiger charge is -2.22. The fourth-order valence-electron chi connectivity index (χ4n) is 2.33. The van der Waals surface area contributed by atoms with Crippen molar-refractivity contribution in [1.82, 2.24) is 0 Å². The van der Waals surface area contributed by atoms with E-state index in [9.17, 15) is 0 Å². The van der Waals surface area contributed by atoms with E-state index in [1.165, 1.54) is 0 Å². The number of fused-ring (bicyclic) bond motifs is 1. The van der Waals surface area contributed by atoms with Crippen molar-refractivity contribution in [2.24, 2.45) is 0 Å². The SMILES string of the molecule is Cc1ccc(Cl)cc1C(Cl)c1cc2c(cc1Br)OCCO2. The van der Waals surface area contributed by atoms with Gasteiger partial charge in [0.2, 0.25) is 0 Å². The van der Waals surface area contributed by atoms with Gasteiger partial charge in [-0.2, -0.15) is 0 Å². The lowest BCUT2D eigenvalue weighted by molar-refractivity contribution is 0.171. The van der Waals surface area contributed by atoms with Gasteiger partial charge in [0.15, 0.2) is 11.5 Å². The van der Waals surface area contributed by atoms with Gasteiger partial charge in [0.1, 0.15) is 13.2 Å². The molecule has 2 aromatic rings. The number of benzene rings is 2. The molecule has 1 atom stereocenters. The molecule has 0 bridgehead atoms. The molecule has 0 saturated carbocycles. The summed E-state index contributed by atoms with van der Waals surface area (Å²) in [5, 5.41) is 0.365. The predicted molar refractivity (Wildman–Crippen MR) is 89.0 cm³/mol. The Kier molecular flexibility index (Phi) is 4.34. The third-order valence-corrected chi connectivity index (χ3v) is 4.84. The van der Waals surface area contributed by atoms with Crippen molar-refractivity contribution in [3.8, 4) is 11.5 Å². The molecule has 21 heavy (non-hydrogen) atoms. The van der Waals surface area contributed by atoms with Crippen LogP contribution < -0.4 is 9.47 Å². The van der Waals surface area contributed by atoms with E-state index in [0.29, 0.717) is 18.2 Å². The van der Waals surface area contributed by atoms with E-state index < -0.39 is 0 Å². The van der Waals surface area contributed by atoms with Gasteiger partial charge in [0, 0.05) is 9.50 Å². The maximum Gasteiger partial charge on any atom is 0.162 e. The largest absolute Gasteiger partial charge is 0.486 e. The number of alkyl halides is 1. The van der Waals surface area contributed by atoms with E-state index in [4.69, 9.17) is 32.7 Å². The highest BCUT2D eigenvalue weighted by Gasteiger charge is 2.21. The molecule has 1 aliphatic heterocycles. The van der Waals surface area contributed by atoms with Crippen LogP contribution in [0.1, 0.15) is 22.1 Å². The molecule has 0 spiro atoms. The maximum absolute atomic E-state index is 6.67. The Labute approximate surface area is 142 Å². The third kappa shape index (κ3) is 3.01. The first kappa shape index (κ1) is 15.0. The second-order valence-electron chi connectivity index (χ2n) is 4.88. The van der Waals surface area contributed by atoms with Gasteiger partial charge < -0.3 is 9.47 Å². The van der Waals surface area contributed by atoms with E-state index in [1.807, 2.05) is 37.3 Å². The van der Waals surface area contributed by atoms with Crippen LogP contribution in [-0.2, 0) is 0 Å². The zero-order valence-electron chi connectivity index (χ0n) is 11.3. The molecule has 1 aliphatic rings. The highest BCUT2D eigenvalue weighted by Crippen LogP contribution is 2.42. The van der Waals surface area contributed by atoms with Gasteiger partial charge in [-0.1, -0.05) is 33.6 Å². The van der Waals surface area contributed by atoms with Crippen molar-refractivity contribution in [3.05, 3.63) is 56.5 Å². The van der Waals surface area contributed by atoms with E-state index in [1.54, 1.807) is 0 Å². The molecule has 1 heterocycles. The van der Waals surface area contributed by atoms with Gasteiger partial charge in [0.05, 0.1) is 5.38 Å². The van der Waals surface area contributed by atoms with Crippen LogP contribution in [0.25, 0.3) is 0 Å². The number of hydrogen-bond donors (Lipinski definition) is 0. The van der Waals surface area contributed by atoms with E-state index in [2.05, 4.69) is 15.9 Å². The minimum Gasteiger partial charge on any atom is -0.486 e. The van der Waals surface area contributed by atoms with Crippen LogP contribution in [0.3, 0.4) is 0 Å². The molecule has 1 unspecified atom stereocenters. The fraction of sp³-hybridized carbons (Fsp3) is 0.250. The number of hydrogen-bond acceptors (Lipinski definition) is 2. The Morgan fingerprint density at radius 3 is 2.43 bits per heavy atom. The fourth-order valence-corrected chi connectivity index (χ4v) is 3.61. The molecule has 0 amide bonds. The lowest BCUT2D eigenvalue weighted by Crippen LogP contribution is -2.15. The van der Waals surface area contributed by atoms with Crippen LogP contribution in [0.4, 0.5) is 0 Å². The van der Waals surface area contributed by atoms with E-state index >= 15 is 0 Å². The van der Waals surface area contributed by atoms with Crippen LogP contribution >= 0.6 is 39.1 Å². The number of aryl methyl sites for hydroxylation is 1. The smallest absolute Gasteiger partial charge is 0.162 e. The van der Waals surface area contributed by atoms with Gasteiger partial charge in [-0.05, 0) is 47.9 Å². The summed E-state index contributed by atoms with van der Waals surface area (Å²) >= 11 is 16.3. The molecule has 0 aromatic heterocycles. The van der Waals surface area contributed by atoms with Gasteiger partial charge in [0.25, 0.3) is 0 Å². The van der Waals surface area contributed by atoms with E-state index in [-0.39, 0.29) is 5.38 Å². The van der Waals surface area contributed by atoms with Crippen LogP contribution in [0.5, 0.6) is 11.5 Å². The minimum atomic E-state index is -0.311. The number of halogens is 3. The normalized spacial score (nSPS) is 14.9. The first-order valence-electron chi connectivity index (χ1n) is 6.55. The second-order valence-corrected chi connectivity index (χ2v) is 6.61. The molecule has 5 heteroatoms. The number of rotatable bonds is 2. The zero-order valence-corrected chi connectivity index (χ0v) is 14.4. The summed E-state index contributed by atoms with van der Waals surface area (Å²) < 4.78 is 12.1. The summed E-state index contributed by atoms with van der Waals surface area (Å²) in [6.07, 6.45) is 0. The van der Waals surface area contributed by atoms with Crippen LogP contribution in [-0.4, -0.2) is 13.2 Å². The Morgan fingerprint density at radius 2 is 1.71 bits per heavy atom. The summed E-state index contributed by atoms with van der Waals surface area (Å²) in [6.45, 7) is 3.14. The molecular weight excluding hydrogens is 375 g/mol. The first-order valence-corrected chi connectivity index (χ1v) is 8.16. The molecule has 0 N–H and O–H groups in total. The topological polar surface area (TPSA) is 18.5 Å². The predicted octanol–water partition coefficient (Wildman–Crippen LogP) is 5.51. The molecule has 0 aliphatic carbocycles. The second kappa shape index (κ2) is 6.07. The molecule has 2 aromatic carbocycles. The molecule has 2 nitrogen and oxygen atoms in total. The first-order chi connectivity index (χ1) is 10.1. The summed E-state index contributed by atoms with van der Waals surface area (Å²) in [7, 11) is 0. The molecule has 0 saturated heterocycles. The van der Waals surface area contributed by atoms with Gasteiger partial charge >= 0.3 is 0 Å². The van der Waals surface area contributed by atoms with Crippen molar-refractivity contribution < 1.29 is 9.47 Å². The standard InChI is InChI=1S/C16H13BrCl2O2/c1-9-2-3-10(18)6-11(9)16(19)12-7-14-15(8-13(12)17)21-5-4-20-14/h2-3,6-8,16H,4-5H2,1H3. The lowest BCUT2D eigenvalue weighted by atomic mass is 9.99. The molecular formula is C16H13BrCl2O2. The Balaban J connectivity index is 2.05. The highest BCUT2D eigenvalue weighted by molar-refractivity contribution is 9.10. The van der Waals surface area contributed by atoms with Crippen LogP contribution in [0, 0.1) is 6.92 Å². The molecule has 110 valence electrons. The van der Waals surface area contributed by atoms with Gasteiger partial charge in [-0.25, -0.2) is 0 Å². The minimum absolute atomic E-state index is 0.311. The summed E-state index contributed by atoms with van der Waals surface area (Å²) in [5.41, 5.74) is 3.02. The van der Waals surface area contributed by atoms with Crippen molar-refractivity contribution in [2.45, 2.75) is 12.3 Å². The molecule has 0 radical (unpaired) electrons. The summed E-state index contributed by atoms with van der Waals surface area (Å²) in [4.78, 5) is 0. The van der Waals surface area contributed by atoms with Crippen molar-refractivity contribution in [3.63, 3.8) is 0 Å². The highest BCUT2D eigenvalue weighted by atomic mass is 79.9. The Hall–Kier alpha value is -0.900. The Bertz CT molecular complexity index is 688. The van der Waals surface area contributed by atoms with Crippen molar-refractivity contribution in [2.75, 3.05) is 13.2 Å². The zero-order chi connectivity index (χ0) is 15.0. The average molecular weight is 388 g/mol. The van der Waals surface area contributed by atoms with Gasteiger partial charge in [-0.3, -0.25) is 0 Å². The van der Waals surface area contributed by atoms with E-state index in [0.717, 1.165) is 32.7 Å². The molecule has 0 fully saturated rings. The van der Waals surface area contributed by atoms with Crippen LogP contribution in [0.15, 0.2) is 34.8 Å². The third-order valence-electron chi connectivity index (χ3n) is 3.45. The summed E-state index contributed by atoms with van der Waals surface area (Å²) in [6, 6.07) is 9.56. The monoisotopic (exact) mass is 386 g/mol.